The number of hydrogen-bond acceptors (Lipinski definition) is 2. The van der Waals surface area contributed by atoms with Crippen LogP contribution in [0.15, 0.2) is 30.3 Å². The fraction of sp³-hybridized carbons (Fsp3) is 0.429. The van der Waals surface area contributed by atoms with Gasteiger partial charge in [-0.2, -0.15) is 0 Å². The van der Waals surface area contributed by atoms with E-state index in [1.807, 2.05) is 30.3 Å². The Kier molecular flexibility index (Phi) is 3.27. The van der Waals surface area contributed by atoms with E-state index in [4.69, 9.17) is 0 Å². The van der Waals surface area contributed by atoms with Crippen LogP contribution in [-0.2, 0) is 15.1 Å². The van der Waals surface area contributed by atoms with E-state index in [0.29, 0.717) is 0 Å². The molecule has 0 atom stereocenters. The van der Waals surface area contributed by atoms with E-state index < -0.39 is 0 Å². The summed E-state index contributed by atoms with van der Waals surface area (Å²) in [5.74, 6) is -0.258. The Balaban J connectivity index is 2.11. The van der Waals surface area contributed by atoms with Crippen LogP contribution in [0.25, 0.3) is 0 Å². The molecule has 3 heteroatoms. The molecular weight excluding hydrogens is 214 g/mol. The quantitative estimate of drug-likeness (QED) is 0.807. The van der Waals surface area contributed by atoms with Gasteiger partial charge in [0.25, 0.3) is 0 Å². The second-order valence-corrected chi connectivity index (χ2v) is 4.73. The van der Waals surface area contributed by atoms with Gasteiger partial charge in [-0.15, -0.1) is 0 Å². The highest BCUT2D eigenvalue weighted by Gasteiger charge is 2.39. The summed E-state index contributed by atoms with van der Waals surface area (Å²) in [4.78, 5) is 22.6. The van der Waals surface area contributed by atoms with Crippen LogP contribution in [0.5, 0.6) is 0 Å². The number of carbonyl (C=O) groups is 2. The van der Waals surface area contributed by atoms with Crippen LogP contribution in [0.1, 0.15) is 38.2 Å². The van der Waals surface area contributed by atoms with Gasteiger partial charge < -0.3 is 5.32 Å². The molecule has 1 aromatic carbocycles. The Bertz CT molecular complexity index is 421. The normalized spacial score (nSPS) is 17.0. The first-order valence-electron chi connectivity index (χ1n) is 5.98. The fourth-order valence-corrected chi connectivity index (χ4v) is 2.31. The van der Waals surface area contributed by atoms with Gasteiger partial charge in [0, 0.05) is 0 Å². The van der Waals surface area contributed by atoms with Crippen LogP contribution in [0.2, 0.25) is 0 Å². The van der Waals surface area contributed by atoms with E-state index in [9.17, 15) is 9.59 Å². The van der Waals surface area contributed by atoms with E-state index in [1.165, 1.54) is 6.92 Å². The zero-order valence-corrected chi connectivity index (χ0v) is 10.0. The first kappa shape index (κ1) is 11.8. The highest BCUT2D eigenvalue weighted by molar-refractivity contribution is 5.97. The average Bonchev–Trinajstić information content (AvgIpc) is 2.24. The van der Waals surface area contributed by atoms with Crippen molar-refractivity contribution in [1.29, 1.82) is 0 Å². The van der Waals surface area contributed by atoms with Crippen molar-refractivity contribution in [1.82, 2.24) is 5.32 Å². The van der Waals surface area contributed by atoms with Gasteiger partial charge in [0.15, 0.2) is 0 Å². The number of carbonyl (C=O) groups excluding carboxylic acids is 2. The van der Waals surface area contributed by atoms with Crippen LogP contribution in [0.4, 0.5) is 0 Å². The minimum absolute atomic E-state index is 0.0193. The number of nitrogens with one attached hydrogen (secondary N) is 1. The summed E-state index contributed by atoms with van der Waals surface area (Å²) in [7, 11) is 0. The predicted molar refractivity (Wildman–Crippen MR) is 65.4 cm³/mol. The van der Waals surface area contributed by atoms with Gasteiger partial charge in [-0.3, -0.25) is 9.59 Å². The molecule has 17 heavy (non-hydrogen) atoms. The molecule has 0 bridgehead atoms. The van der Waals surface area contributed by atoms with Crippen LogP contribution < -0.4 is 5.32 Å². The maximum atomic E-state index is 11.7. The van der Waals surface area contributed by atoms with Crippen molar-refractivity contribution in [3.63, 3.8) is 0 Å². The molecule has 2 rings (SSSR count). The molecule has 0 radical (unpaired) electrons. The van der Waals surface area contributed by atoms with Crippen molar-refractivity contribution < 1.29 is 9.59 Å². The maximum absolute atomic E-state index is 11.7. The van der Waals surface area contributed by atoms with Gasteiger partial charge >= 0.3 is 0 Å². The van der Waals surface area contributed by atoms with Crippen molar-refractivity contribution in [3.05, 3.63) is 35.9 Å². The standard InChI is InChI=1S/C14H17NO2/c1-11(16)10-13(17)15-14(8-5-9-14)12-6-3-2-4-7-12/h2-4,6-7H,5,8-10H2,1H3,(H,15,17). The highest BCUT2D eigenvalue weighted by Crippen LogP contribution is 2.41. The van der Waals surface area contributed by atoms with Gasteiger partial charge in [0.05, 0.1) is 12.0 Å². The third-order valence-corrected chi connectivity index (χ3v) is 3.32. The molecule has 0 unspecified atom stereocenters. The van der Waals surface area contributed by atoms with Crippen LogP contribution in [0.3, 0.4) is 0 Å². The molecule has 0 saturated heterocycles. The first-order valence-corrected chi connectivity index (χ1v) is 5.98. The number of rotatable bonds is 4. The van der Waals surface area contributed by atoms with Crippen LogP contribution in [0, 0.1) is 0 Å². The number of benzene rings is 1. The Morgan fingerprint density at radius 1 is 1.24 bits per heavy atom. The molecule has 1 aliphatic carbocycles. The SMILES string of the molecule is CC(=O)CC(=O)NC1(c2ccccc2)CCC1. The Hall–Kier alpha value is -1.64. The molecule has 0 heterocycles. The minimum Gasteiger partial charge on any atom is -0.346 e. The zero-order valence-electron chi connectivity index (χ0n) is 10.0. The fourth-order valence-electron chi connectivity index (χ4n) is 2.31. The van der Waals surface area contributed by atoms with E-state index >= 15 is 0 Å². The monoisotopic (exact) mass is 231 g/mol. The molecule has 1 aromatic rings. The van der Waals surface area contributed by atoms with E-state index in [-0.39, 0.29) is 23.7 Å². The number of amides is 1. The molecule has 3 nitrogen and oxygen atoms in total. The number of ketones is 1. The summed E-state index contributed by atoms with van der Waals surface area (Å²) in [6.07, 6.45) is 3.02. The first-order chi connectivity index (χ1) is 8.12. The number of hydrogen-bond donors (Lipinski definition) is 1. The molecule has 1 fully saturated rings. The largest absolute Gasteiger partial charge is 0.346 e. The topological polar surface area (TPSA) is 46.2 Å². The van der Waals surface area contributed by atoms with Crippen LogP contribution in [-0.4, -0.2) is 11.7 Å². The van der Waals surface area contributed by atoms with Gasteiger partial charge in [0.2, 0.25) is 5.91 Å². The summed E-state index contributed by atoms with van der Waals surface area (Å²) >= 11 is 0. The molecule has 1 aliphatic rings. The van der Waals surface area contributed by atoms with Crippen molar-refractivity contribution in [2.24, 2.45) is 0 Å². The molecule has 1 amide bonds. The lowest BCUT2D eigenvalue weighted by Gasteiger charge is -2.43. The van der Waals surface area contributed by atoms with Gasteiger partial charge in [-0.05, 0) is 31.7 Å². The Labute approximate surface area is 101 Å². The van der Waals surface area contributed by atoms with Gasteiger partial charge in [-0.1, -0.05) is 30.3 Å². The second kappa shape index (κ2) is 4.70. The van der Waals surface area contributed by atoms with Gasteiger partial charge in [-0.25, -0.2) is 0 Å². The zero-order chi connectivity index (χ0) is 12.3. The van der Waals surface area contributed by atoms with Crippen molar-refractivity contribution in [3.8, 4) is 0 Å². The predicted octanol–water partition coefficient (Wildman–Crippen LogP) is 2.16. The molecular formula is C14H17NO2. The van der Waals surface area contributed by atoms with Crippen molar-refractivity contribution in [2.45, 2.75) is 38.1 Å². The molecule has 90 valence electrons. The van der Waals surface area contributed by atoms with Crippen molar-refractivity contribution >= 4 is 11.7 Å². The molecule has 0 aromatic heterocycles. The third-order valence-electron chi connectivity index (χ3n) is 3.32. The van der Waals surface area contributed by atoms with Gasteiger partial charge in [0.1, 0.15) is 5.78 Å². The number of Topliss-reactive ketones (excluding diaryl/α,β-unsaturated/α-hetero) is 1. The summed E-state index contributed by atoms with van der Waals surface area (Å²) in [6, 6.07) is 9.99. The summed E-state index contributed by atoms with van der Waals surface area (Å²) in [5.41, 5.74) is 0.913. The Morgan fingerprint density at radius 3 is 2.35 bits per heavy atom. The minimum atomic E-state index is -0.228. The van der Waals surface area contributed by atoms with E-state index in [0.717, 1.165) is 24.8 Å². The molecule has 0 spiro atoms. The van der Waals surface area contributed by atoms with Crippen molar-refractivity contribution in [2.75, 3.05) is 0 Å². The lowest BCUT2D eigenvalue weighted by Crippen LogP contribution is -2.51. The summed E-state index contributed by atoms with van der Waals surface area (Å²) in [5, 5.41) is 3.02. The Morgan fingerprint density at radius 2 is 1.88 bits per heavy atom. The molecule has 1 N–H and O–H groups in total. The van der Waals surface area contributed by atoms with E-state index in [1.54, 1.807) is 0 Å². The molecule has 1 saturated carbocycles. The molecule has 0 aliphatic heterocycles. The summed E-state index contributed by atoms with van der Waals surface area (Å²) < 4.78 is 0. The lowest BCUT2D eigenvalue weighted by atomic mass is 9.71. The second-order valence-electron chi connectivity index (χ2n) is 4.73. The smallest absolute Gasteiger partial charge is 0.228 e. The van der Waals surface area contributed by atoms with E-state index in [2.05, 4.69) is 5.32 Å². The maximum Gasteiger partial charge on any atom is 0.228 e. The van der Waals surface area contributed by atoms with Crippen LogP contribution >= 0.6 is 0 Å². The average molecular weight is 231 g/mol. The third kappa shape index (κ3) is 2.54. The highest BCUT2D eigenvalue weighted by atomic mass is 16.2. The summed E-state index contributed by atoms with van der Waals surface area (Å²) in [6.45, 7) is 1.44. The lowest BCUT2D eigenvalue weighted by molar-refractivity contribution is -0.129.